The Morgan fingerprint density at radius 2 is 2.09 bits per heavy atom. The second-order valence-corrected chi connectivity index (χ2v) is 7.32. The minimum absolute atomic E-state index is 0.0510. The van der Waals surface area contributed by atoms with Crippen LogP contribution in [0.2, 0.25) is 0 Å². The van der Waals surface area contributed by atoms with E-state index >= 15 is 0 Å². The average Bonchev–Trinajstić information content (AvgIpc) is 3.06. The van der Waals surface area contributed by atoms with Gasteiger partial charge in [0.05, 0.1) is 6.20 Å². The highest BCUT2D eigenvalue weighted by molar-refractivity contribution is 7.89. The molecule has 0 bridgehead atoms. The maximum atomic E-state index is 12.4. The molecule has 23 heavy (non-hydrogen) atoms. The minimum atomic E-state index is -3.50. The van der Waals surface area contributed by atoms with Crippen molar-refractivity contribution in [1.29, 1.82) is 0 Å². The predicted molar refractivity (Wildman–Crippen MR) is 87.7 cm³/mol. The first kappa shape index (κ1) is 15.9. The molecule has 7 nitrogen and oxygen atoms in total. The van der Waals surface area contributed by atoms with E-state index in [0.717, 1.165) is 31.7 Å². The molecule has 0 unspecified atom stereocenters. The van der Waals surface area contributed by atoms with E-state index < -0.39 is 10.0 Å². The van der Waals surface area contributed by atoms with Crippen molar-refractivity contribution in [3.8, 4) is 0 Å². The van der Waals surface area contributed by atoms with Crippen LogP contribution in [-0.4, -0.2) is 42.3 Å². The van der Waals surface area contributed by atoms with E-state index in [9.17, 15) is 8.42 Å². The molecule has 8 heteroatoms. The third kappa shape index (κ3) is 3.70. The van der Waals surface area contributed by atoms with Gasteiger partial charge in [0.25, 0.3) is 0 Å². The summed E-state index contributed by atoms with van der Waals surface area (Å²) in [4.78, 5) is 6.75. The summed E-state index contributed by atoms with van der Waals surface area (Å²) in [5.74, 6) is 0.943. The van der Waals surface area contributed by atoms with Crippen molar-refractivity contribution in [2.45, 2.75) is 37.2 Å². The molecule has 0 amide bonds. The number of nitrogens with one attached hydrogen (secondary N) is 1. The summed E-state index contributed by atoms with van der Waals surface area (Å²) in [7, 11) is -3.50. The van der Waals surface area contributed by atoms with E-state index in [1.807, 2.05) is 25.1 Å². The molecule has 0 atom stereocenters. The van der Waals surface area contributed by atoms with Gasteiger partial charge in [0, 0.05) is 38.1 Å². The zero-order valence-electron chi connectivity index (χ0n) is 13.1. The first-order valence-corrected chi connectivity index (χ1v) is 9.27. The lowest BCUT2D eigenvalue weighted by Crippen LogP contribution is -2.44. The summed E-state index contributed by atoms with van der Waals surface area (Å²) in [5.41, 5.74) is 0. The fraction of sp³-hybridized carbons (Fsp3) is 0.467. The Labute approximate surface area is 136 Å². The molecule has 0 aromatic carbocycles. The molecule has 1 aliphatic rings. The lowest BCUT2D eigenvalue weighted by atomic mass is 10.1. The van der Waals surface area contributed by atoms with E-state index in [0.29, 0.717) is 6.54 Å². The fourth-order valence-electron chi connectivity index (χ4n) is 2.71. The third-order valence-electron chi connectivity index (χ3n) is 4.03. The lowest BCUT2D eigenvalue weighted by Gasteiger charge is -2.32. The maximum Gasteiger partial charge on any atom is 0.243 e. The highest BCUT2D eigenvalue weighted by Gasteiger charge is 2.25. The topological polar surface area (TPSA) is 80.1 Å². The smallest absolute Gasteiger partial charge is 0.243 e. The number of anilines is 1. The van der Waals surface area contributed by atoms with Crippen molar-refractivity contribution < 1.29 is 8.42 Å². The second-order valence-electron chi connectivity index (χ2n) is 5.60. The number of hydrogen-bond donors (Lipinski definition) is 1. The van der Waals surface area contributed by atoms with E-state index in [1.54, 1.807) is 17.1 Å². The largest absolute Gasteiger partial charge is 0.357 e. The van der Waals surface area contributed by atoms with Crippen LogP contribution in [0.15, 0.2) is 41.7 Å². The Hall–Kier alpha value is -1.93. The lowest BCUT2D eigenvalue weighted by molar-refractivity contribution is 0.458. The van der Waals surface area contributed by atoms with Crippen LogP contribution in [0.25, 0.3) is 0 Å². The van der Waals surface area contributed by atoms with Gasteiger partial charge in [0.15, 0.2) is 0 Å². The average molecular weight is 335 g/mol. The van der Waals surface area contributed by atoms with Crippen LogP contribution in [0.5, 0.6) is 0 Å². The molecule has 0 saturated carbocycles. The summed E-state index contributed by atoms with van der Waals surface area (Å²) < 4.78 is 29.2. The van der Waals surface area contributed by atoms with E-state index in [1.165, 1.54) is 6.20 Å². The molecular weight excluding hydrogens is 314 g/mol. The van der Waals surface area contributed by atoms with Crippen LogP contribution in [-0.2, 0) is 16.6 Å². The van der Waals surface area contributed by atoms with Gasteiger partial charge in [-0.25, -0.2) is 18.1 Å². The maximum absolute atomic E-state index is 12.4. The molecule has 0 aliphatic carbocycles. The summed E-state index contributed by atoms with van der Waals surface area (Å²) >= 11 is 0. The fourth-order valence-corrected chi connectivity index (χ4v) is 3.97. The van der Waals surface area contributed by atoms with Gasteiger partial charge in [-0.05, 0) is 31.9 Å². The summed E-state index contributed by atoms with van der Waals surface area (Å²) in [6.07, 6.45) is 6.26. The minimum Gasteiger partial charge on any atom is -0.357 e. The molecular formula is C15H21N5O2S. The molecule has 124 valence electrons. The van der Waals surface area contributed by atoms with Gasteiger partial charge in [0.2, 0.25) is 10.0 Å². The SMILES string of the molecule is CCn1cc(S(=O)(=O)NC2CCN(c3ccccn3)CC2)cn1. The van der Waals surface area contributed by atoms with Crippen molar-refractivity contribution in [3.05, 3.63) is 36.8 Å². The number of nitrogens with zero attached hydrogens (tertiary/aromatic N) is 4. The number of sulfonamides is 1. The van der Waals surface area contributed by atoms with Gasteiger partial charge in [-0.3, -0.25) is 4.68 Å². The van der Waals surface area contributed by atoms with Gasteiger partial charge >= 0.3 is 0 Å². The number of piperidine rings is 1. The van der Waals surface area contributed by atoms with Crippen LogP contribution in [0.3, 0.4) is 0 Å². The monoisotopic (exact) mass is 335 g/mol. The summed E-state index contributed by atoms with van der Waals surface area (Å²) in [6.45, 7) is 4.15. The first-order valence-electron chi connectivity index (χ1n) is 7.79. The number of rotatable bonds is 5. The van der Waals surface area contributed by atoms with Crippen molar-refractivity contribution >= 4 is 15.8 Å². The van der Waals surface area contributed by atoms with Crippen molar-refractivity contribution in [2.75, 3.05) is 18.0 Å². The molecule has 2 aromatic rings. The number of hydrogen-bond acceptors (Lipinski definition) is 5. The Morgan fingerprint density at radius 3 is 2.70 bits per heavy atom. The Bertz CT molecular complexity index is 736. The summed E-state index contributed by atoms with van der Waals surface area (Å²) in [5, 5.41) is 4.03. The molecule has 1 saturated heterocycles. The third-order valence-corrected chi connectivity index (χ3v) is 5.51. The van der Waals surface area contributed by atoms with Crippen molar-refractivity contribution in [2.24, 2.45) is 0 Å². The van der Waals surface area contributed by atoms with Gasteiger partial charge in [0.1, 0.15) is 10.7 Å². The Balaban J connectivity index is 1.60. The van der Waals surface area contributed by atoms with Gasteiger partial charge in [-0.1, -0.05) is 6.07 Å². The van der Waals surface area contributed by atoms with Crippen LogP contribution in [0.1, 0.15) is 19.8 Å². The van der Waals surface area contributed by atoms with Crippen LogP contribution in [0.4, 0.5) is 5.82 Å². The molecule has 0 radical (unpaired) electrons. The number of aryl methyl sites for hydroxylation is 1. The van der Waals surface area contributed by atoms with Crippen LogP contribution in [0, 0.1) is 0 Å². The number of aromatic nitrogens is 3. The first-order chi connectivity index (χ1) is 11.1. The van der Waals surface area contributed by atoms with E-state index in [-0.39, 0.29) is 10.9 Å². The predicted octanol–water partition coefficient (Wildman–Crippen LogP) is 1.25. The zero-order chi connectivity index (χ0) is 16.3. The molecule has 1 aliphatic heterocycles. The molecule has 3 heterocycles. The second kappa shape index (κ2) is 6.67. The van der Waals surface area contributed by atoms with Gasteiger partial charge in [-0.2, -0.15) is 5.10 Å². The van der Waals surface area contributed by atoms with Crippen molar-refractivity contribution in [3.63, 3.8) is 0 Å². The molecule has 0 spiro atoms. The highest BCUT2D eigenvalue weighted by atomic mass is 32.2. The van der Waals surface area contributed by atoms with Crippen molar-refractivity contribution in [1.82, 2.24) is 19.5 Å². The molecule has 1 N–H and O–H groups in total. The van der Waals surface area contributed by atoms with Crippen LogP contribution < -0.4 is 9.62 Å². The summed E-state index contributed by atoms with van der Waals surface area (Å²) in [6, 6.07) is 5.78. The van der Waals surface area contributed by atoms with E-state index in [2.05, 4.69) is 19.7 Å². The van der Waals surface area contributed by atoms with Gasteiger partial charge < -0.3 is 4.90 Å². The normalized spacial score (nSPS) is 16.7. The Morgan fingerprint density at radius 1 is 1.30 bits per heavy atom. The quantitative estimate of drug-likeness (QED) is 0.889. The van der Waals surface area contributed by atoms with Gasteiger partial charge in [-0.15, -0.1) is 0 Å². The van der Waals surface area contributed by atoms with Crippen LogP contribution >= 0.6 is 0 Å². The molecule has 2 aromatic heterocycles. The molecule has 3 rings (SSSR count). The number of pyridine rings is 1. The molecule has 1 fully saturated rings. The Kier molecular flexibility index (Phi) is 4.63. The highest BCUT2D eigenvalue weighted by Crippen LogP contribution is 2.19. The standard InChI is InChI=1S/C15H21N5O2S/c1-2-20-12-14(11-17-20)23(21,22)18-13-6-9-19(10-7-13)15-5-3-4-8-16-15/h3-5,8,11-13,18H,2,6-7,9-10H2,1H3. The zero-order valence-corrected chi connectivity index (χ0v) is 13.9. The van der Waals surface area contributed by atoms with E-state index in [4.69, 9.17) is 0 Å².